The number of hydrogen-bond acceptors (Lipinski definition) is 6. The van der Waals surface area contributed by atoms with Gasteiger partial charge in [-0.15, -0.1) is 0 Å². The summed E-state index contributed by atoms with van der Waals surface area (Å²) in [7, 11) is 0. The lowest BCUT2D eigenvalue weighted by Crippen LogP contribution is -2.42. The van der Waals surface area contributed by atoms with Crippen molar-refractivity contribution in [3.8, 4) is 6.07 Å². The Morgan fingerprint density at radius 3 is 3.24 bits per heavy atom. The third-order valence-corrected chi connectivity index (χ3v) is 2.53. The van der Waals surface area contributed by atoms with Gasteiger partial charge in [-0.3, -0.25) is 15.1 Å². The normalized spacial score (nSPS) is 19.7. The lowest BCUT2D eigenvalue weighted by atomic mass is 10.2. The Morgan fingerprint density at radius 2 is 2.53 bits per heavy atom. The zero-order valence-electron chi connectivity index (χ0n) is 8.94. The van der Waals surface area contributed by atoms with E-state index in [0.717, 1.165) is 0 Å². The van der Waals surface area contributed by atoms with Crippen molar-refractivity contribution in [2.45, 2.75) is 6.10 Å². The zero-order chi connectivity index (χ0) is 12.3. The molecule has 0 bridgehead atoms. The van der Waals surface area contributed by atoms with Crippen molar-refractivity contribution in [2.75, 3.05) is 24.6 Å². The van der Waals surface area contributed by atoms with Gasteiger partial charge in [0.2, 0.25) is 0 Å². The summed E-state index contributed by atoms with van der Waals surface area (Å²) in [5.74, 6) is 0. The van der Waals surface area contributed by atoms with Crippen molar-refractivity contribution in [1.29, 1.82) is 5.26 Å². The molecular formula is C10H10N4O3. The van der Waals surface area contributed by atoms with Crippen LogP contribution in [0.3, 0.4) is 0 Å². The number of nitrogens with zero attached hydrogens (tertiary/aromatic N) is 4. The van der Waals surface area contributed by atoms with Crippen molar-refractivity contribution in [3.05, 3.63) is 28.6 Å². The minimum atomic E-state index is -0.545. The number of aromatic nitrogens is 1. The molecule has 1 atom stereocenters. The second-order valence-corrected chi connectivity index (χ2v) is 3.56. The van der Waals surface area contributed by atoms with Crippen LogP contribution in [0, 0.1) is 21.4 Å². The maximum Gasteiger partial charge on any atom is 0.310 e. The van der Waals surface area contributed by atoms with Gasteiger partial charge in [0.05, 0.1) is 24.1 Å². The van der Waals surface area contributed by atoms with Gasteiger partial charge in [-0.1, -0.05) is 0 Å². The molecule has 7 heteroatoms. The summed E-state index contributed by atoms with van der Waals surface area (Å²) in [6.45, 7) is 1.25. The second kappa shape index (κ2) is 4.76. The molecule has 88 valence electrons. The summed E-state index contributed by atoms with van der Waals surface area (Å²) < 4.78 is 5.19. The van der Waals surface area contributed by atoms with Crippen LogP contribution in [0.4, 0.5) is 11.4 Å². The molecule has 1 fully saturated rings. The van der Waals surface area contributed by atoms with E-state index < -0.39 is 11.0 Å². The minimum Gasteiger partial charge on any atom is -0.360 e. The number of pyridine rings is 1. The number of nitro groups is 1. The first-order valence-corrected chi connectivity index (χ1v) is 5.07. The number of hydrogen-bond donors (Lipinski definition) is 0. The molecule has 1 aromatic heterocycles. The number of morpholine rings is 1. The van der Waals surface area contributed by atoms with E-state index in [1.54, 1.807) is 11.0 Å². The largest absolute Gasteiger partial charge is 0.360 e. The Bertz CT molecular complexity index is 471. The van der Waals surface area contributed by atoms with Gasteiger partial charge in [-0.2, -0.15) is 5.26 Å². The quantitative estimate of drug-likeness (QED) is 0.553. The molecule has 0 spiro atoms. The zero-order valence-corrected chi connectivity index (χ0v) is 8.94. The topological polar surface area (TPSA) is 92.3 Å². The highest BCUT2D eigenvalue weighted by Crippen LogP contribution is 2.27. The molecule has 1 saturated heterocycles. The predicted molar refractivity (Wildman–Crippen MR) is 58.5 cm³/mol. The highest BCUT2D eigenvalue weighted by Gasteiger charge is 2.25. The average molecular weight is 234 g/mol. The third kappa shape index (κ3) is 2.32. The number of nitriles is 1. The molecule has 0 aromatic carbocycles. The third-order valence-electron chi connectivity index (χ3n) is 2.53. The van der Waals surface area contributed by atoms with Crippen LogP contribution in [-0.4, -0.2) is 35.7 Å². The van der Waals surface area contributed by atoms with Crippen LogP contribution in [-0.2, 0) is 4.74 Å². The first kappa shape index (κ1) is 11.3. The average Bonchev–Trinajstić information content (AvgIpc) is 2.39. The summed E-state index contributed by atoms with van der Waals surface area (Å²) in [6.07, 6.45) is 2.17. The maximum absolute atomic E-state index is 10.9. The van der Waals surface area contributed by atoms with E-state index in [0.29, 0.717) is 25.4 Å². The molecule has 0 aliphatic carbocycles. The summed E-state index contributed by atoms with van der Waals surface area (Å²) in [4.78, 5) is 15.9. The molecule has 1 aliphatic heterocycles. The molecule has 0 amide bonds. The van der Waals surface area contributed by atoms with Gasteiger partial charge < -0.3 is 9.64 Å². The Hall–Kier alpha value is -2.20. The van der Waals surface area contributed by atoms with Crippen molar-refractivity contribution >= 4 is 11.4 Å². The fraction of sp³-hybridized carbons (Fsp3) is 0.400. The van der Waals surface area contributed by atoms with E-state index in [-0.39, 0.29) is 5.69 Å². The smallest absolute Gasteiger partial charge is 0.310 e. The Balaban J connectivity index is 2.28. The molecule has 17 heavy (non-hydrogen) atoms. The molecule has 1 unspecified atom stereocenters. The standard InChI is InChI=1S/C10H10N4O3/c11-5-8-7-13(3-4-17-8)9-1-2-12-6-10(9)14(15)16/h1-2,6,8H,3-4,7H2. The van der Waals surface area contributed by atoms with Crippen LogP contribution in [0.2, 0.25) is 0 Å². The molecule has 2 heterocycles. The van der Waals surface area contributed by atoms with Crippen molar-refractivity contribution in [2.24, 2.45) is 0 Å². The predicted octanol–water partition coefficient (Wildman–Crippen LogP) is 0.719. The first-order chi connectivity index (χ1) is 8.22. The monoisotopic (exact) mass is 234 g/mol. The van der Waals surface area contributed by atoms with Crippen LogP contribution < -0.4 is 4.90 Å². The van der Waals surface area contributed by atoms with Gasteiger partial charge in [0.25, 0.3) is 0 Å². The Morgan fingerprint density at radius 1 is 1.71 bits per heavy atom. The van der Waals surface area contributed by atoms with Gasteiger partial charge in [-0.25, -0.2) is 0 Å². The van der Waals surface area contributed by atoms with Gasteiger partial charge in [0.1, 0.15) is 11.9 Å². The second-order valence-electron chi connectivity index (χ2n) is 3.56. The molecule has 1 aliphatic rings. The summed E-state index contributed by atoms with van der Waals surface area (Å²) >= 11 is 0. The van der Waals surface area contributed by atoms with E-state index in [1.807, 2.05) is 6.07 Å². The van der Waals surface area contributed by atoms with Crippen LogP contribution in [0.25, 0.3) is 0 Å². The number of rotatable bonds is 2. The number of ether oxygens (including phenoxy) is 1. The van der Waals surface area contributed by atoms with E-state index in [9.17, 15) is 10.1 Å². The first-order valence-electron chi connectivity index (χ1n) is 5.07. The van der Waals surface area contributed by atoms with Gasteiger partial charge in [-0.05, 0) is 6.07 Å². The fourth-order valence-electron chi connectivity index (χ4n) is 1.73. The van der Waals surface area contributed by atoms with E-state index in [2.05, 4.69) is 4.98 Å². The highest BCUT2D eigenvalue weighted by molar-refractivity contribution is 5.62. The summed E-state index contributed by atoms with van der Waals surface area (Å²) in [5, 5.41) is 19.6. The van der Waals surface area contributed by atoms with Crippen LogP contribution in [0.15, 0.2) is 18.5 Å². The summed E-state index contributed by atoms with van der Waals surface area (Å²) in [5.41, 5.74) is 0.430. The highest BCUT2D eigenvalue weighted by atomic mass is 16.6. The Labute approximate surface area is 97.4 Å². The van der Waals surface area contributed by atoms with Gasteiger partial charge in [0, 0.05) is 12.7 Å². The summed E-state index contributed by atoms with van der Waals surface area (Å²) in [6, 6.07) is 3.58. The van der Waals surface area contributed by atoms with E-state index in [1.165, 1.54) is 12.4 Å². The Kier molecular flexibility index (Phi) is 3.16. The van der Waals surface area contributed by atoms with E-state index in [4.69, 9.17) is 10.00 Å². The fourth-order valence-corrected chi connectivity index (χ4v) is 1.73. The maximum atomic E-state index is 10.9. The van der Waals surface area contributed by atoms with Crippen molar-refractivity contribution in [1.82, 2.24) is 4.98 Å². The molecular weight excluding hydrogens is 224 g/mol. The minimum absolute atomic E-state index is 0.0499. The van der Waals surface area contributed by atoms with Crippen molar-refractivity contribution in [3.63, 3.8) is 0 Å². The number of anilines is 1. The van der Waals surface area contributed by atoms with Gasteiger partial charge >= 0.3 is 5.69 Å². The molecule has 0 N–H and O–H groups in total. The van der Waals surface area contributed by atoms with E-state index >= 15 is 0 Å². The van der Waals surface area contributed by atoms with Crippen LogP contribution in [0.5, 0.6) is 0 Å². The molecule has 7 nitrogen and oxygen atoms in total. The SMILES string of the molecule is N#CC1CN(c2ccncc2[N+](=O)[O-])CCO1. The lowest BCUT2D eigenvalue weighted by Gasteiger charge is -2.30. The van der Waals surface area contributed by atoms with Crippen LogP contribution in [0.1, 0.15) is 0 Å². The molecule has 1 aromatic rings. The van der Waals surface area contributed by atoms with Crippen molar-refractivity contribution < 1.29 is 9.66 Å². The molecule has 0 radical (unpaired) electrons. The van der Waals surface area contributed by atoms with Crippen LogP contribution >= 0.6 is 0 Å². The van der Waals surface area contributed by atoms with Gasteiger partial charge in [0.15, 0.2) is 6.10 Å². The molecule has 2 rings (SSSR count). The lowest BCUT2D eigenvalue weighted by molar-refractivity contribution is -0.384. The molecule has 0 saturated carbocycles.